The maximum Gasteiger partial charge on any atom is 0.426 e. The summed E-state index contributed by atoms with van der Waals surface area (Å²) in [5, 5.41) is 0.359. The first-order valence-corrected chi connectivity index (χ1v) is 6.37. The van der Waals surface area contributed by atoms with Crippen LogP contribution in [0.3, 0.4) is 0 Å². The predicted octanol–water partition coefficient (Wildman–Crippen LogP) is 2.71. The van der Waals surface area contributed by atoms with Gasteiger partial charge in [0.25, 0.3) is 5.56 Å². The summed E-state index contributed by atoms with van der Waals surface area (Å²) in [6, 6.07) is 13.6. The maximum atomic E-state index is 12.4. The van der Waals surface area contributed by atoms with E-state index in [4.69, 9.17) is 4.42 Å². The first-order chi connectivity index (χ1) is 9.16. The summed E-state index contributed by atoms with van der Waals surface area (Å²) in [6.45, 7) is 0. The summed E-state index contributed by atoms with van der Waals surface area (Å²) in [5.41, 5.74) is 0.382. The Morgan fingerprint density at radius 1 is 1.00 bits per heavy atom. The Hall–Kier alpha value is -2.14. The molecule has 5 heteroatoms. The highest BCUT2D eigenvalue weighted by Gasteiger charge is 2.11. The van der Waals surface area contributed by atoms with Gasteiger partial charge in [-0.1, -0.05) is 34.1 Å². The van der Waals surface area contributed by atoms with Crippen LogP contribution in [0.1, 0.15) is 0 Å². The van der Waals surface area contributed by atoms with E-state index in [0.29, 0.717) is 11.1 Å². The zero-order valence-electron chi connectivity index (χ0n) is 9.67. The van der Waals surface area contributed by atoms with Gasteiger partial charge >= 0.3 is 5.76 Å². The number of hydrogen-bond donors (Lipinski definition) is 0. The Morgan fingerprint density at radius 3 is 2.47 bits per heavy atom. The van der Waals surface area contributed by atoms with Crippen molar-refractivity contribution < 1.29 is 4.42 Å². The summed E-state index contributed by atoms with van der Waals surface area (Å²) in [4.78, 5) is 24.3. The third-order valence-electron chi connectivity index (χ3n) is 2.77. The normalized spacial score (nSPS) is 10.8. The number of aromatic nitrogens is 1. The lowest BCUT2D eigenvalue weighted by molar-refractivity contribution is 0.504. The molecule has 0 radical (unpaired) electrons. The van der Waals surface area contributed by atoms with Crippen molar-refractivity contribution in [3.63, 3.8) is 0 Å². The molecule has 0 amide bonds. The van der Waals surface area contributed by atoms with Crippen molar-refractivity contribution in [1.29, 1.82) is 0 Å². The molecule has 19 heavy (non-hydrogen) atoms. The van der Waals surface area contributed by atoms with Crippen molar-refractivity contribution in [1.82, 2.24) is 4.57 Å². The van der Waals surface area contributed by atoms with E-state index >= 15 is 0 Å². The van der Waals surface area contributed by atoms with Gasteiger partial charge in [-0.2, -0.15) is 0 Å². The van der Waals surface area contributed by atoms with Crippen LogP contribution in [0, 0.1) is 0 Å². The first-order valence-electron chi connectivity index (χ1n) is 5.58. The van der Waals surface area contributed by atoms with Gasteiger partial charge in [-0.05, 0) is 30.3 Å². The summed E-state index contributed by atoms with van der Waals surface area (Å²) in [5.74, 6) is -0.689. The number of fused-ring (bicyclic) bond motifs is 1. The van der Waals surface area contributed by atoms with E-state index in [1.165, 1.54) is 0 Å². The van der Waals surface area contributed by atoms with Crippen LogP contribution in [0.15, 0.2) is 67.0 Å². The second-order valence-corrected chi connectivity index (χ2v) is 4.90. The SMILES string of the molecule is O=c1oc2ccc(Br)cc2c(=O)n1-c1ccccc1. The molecule has 0 saturated carbocycles. The van der Waals surface area contributed by atoms with E-state index in [1.807, 2.05) is 6.07 Å². The number of hydrogen-bond acceptors (Lipinski definition) is 3. The molecule has 94 valence electrons. The Bertz CT molecular complexity index is 865. The molecule has 0 bridgehead atoms. The number of nitrogens with zero attached hydrogens (tertiary/aromatic N) is 1. The zero-order valence-corrected chi connectivity index (χ0v) is 11.3. The highest BCUT2D eigenvalue weighted by atomic mass is 79.9. The van der Waals surface area contributed by atoms with Gasteiger partial charge in [0, 0.05) is 4.47 Å². The highest BCUT2D eigenvalue weighted by Crippen LogP contribution is 2.16. The van der Waals surface area contributed by atoms with Crippen molar-refractivity contribution in [2.24, 2.45) is 0 Å². The Morgan fingerprint density at radius 2 is 1.74 bits per heavy atom. The van der Waals surface area contributed by atoms with E-state index in [-0.39, 0.29) is 5.58 Å². The minimum Gasteiger partial charge on any atom is -0.409 e. The fourth-order valence-corrected chi connectivity index (χ4v) is 2.26. The standard InChI is InChI=1S/C14H8BrNO3/c15-9-6-7-12-11(8-9)13(17)16(14(18)19-12)10-4-2-1-3-5-10/h1-8H. The molecule has 0 spiro atoms. The lowest BCUT2D eigenvalue weighted by atomic mass is 10.2. The molecule has 1 aromatic heterocycles. The number of halogens is 1. The second-order valence-electron chi connectivity index (χ2n) is 3.98. The Balaban J connectivity index is 2.44. The van der Waals surface area contributed by atoms with Crippen molar-refractivity contribution >= 4 is 26.9 Å². The van der Waals surface area contributed by atoms with Crippen LogP contribution < -0.4 is 11.3 Å². The number of benzene rings is 2. The van der Waals surface area contributed by atoms with Gasteiger partial charge in [-0.15, -0.1) is 0 Å². The van der Waals surface area contributed by atoms with Gasteiger partial charge in [0.05, 0.1) is 11.1 Å². The molecule has 4 nitrogen and oxygen atoms in total. The maximum absolute atomic E-state index is 12.4. The first kappa shape index (κ1) is 11.9. The molecule has 0 aliphatic rings. The fraction of sp³-hybridized carbons (Fsp3) is 0. The molecule has 0 N–H and O–H groups in total. The molecule has 3 aromatic rings. The molecule has 0 fully saturated rings. The van der Waals surface area contributed by atoms with Crippen molar-refractivity contribution in [3.05, 3.63) is 73.9 Å². The van der Waals surface area contributed by atoms with Gasteiger partial charge in [-0.25, -0.2) is 9.36 Å². The molecule has 0 aliphatic carbocycles. The average molecular weight is 318 g/mol. The van der Waals surface area contributed by atoms with Crippen LogP contribution in [0.5, 0.6) is 0 Å². The fourth-order valence-electron chi connectivity index (χ4n) is 1.90. The van der Waals surface area contributed by atoms with Crippen LogP contribution in [-0.4, -0.2) is 4.57 Å². The Kier molecular flexibility index (Phi) is 2.83. The molecule has 0 unspecified atom stereocenters. The topological polar surface area (TPSA) is 52.2 Å². The monoisotopic (exact) mass is 317 g/mol. The second kappa shape index (κ2) is 4.51. The van der Waals surface area contributed by atoms with Crippen LogP contribution in [0.4, 0.5) is 0 Å². The van der Waals surface area contributed by atoms with Gasteiger partial charge in [-0.3, -0.25) is 4.79 Å². The summed E-state index contributed by atoms with van der Waals surface area (Å²) in [7, 11) is 0. The molecule has 0 saturated heterocycles. The van der Waals surface area contributed by atoms with E-state index in [2.05, 4.69) is 15.9 Å². The molecule has 3 rings (SSSR count). The lowest BCUT2D eigenvalue weighted by Crippen LogP contribution is -2.30. The van der Waals surface area contributed by atoms with Crippen LogP contribution in [0.2, 0.25) is 0 Å². The van der Waals surface area contributed by atoms with Crippen LogP contribution in [0.25, 0.3) is 16.7 Å². The molecule has 2 aromatic carbocycles. The van der Waals surface area contributed by atoms with Gasteiger partial charge in [0.1, 0.15) is 5.58 Å². The largest absolute Gasteiger partial charge is 0.426 e. The Labute approximate surface area is 116 Å². The molecular formula is C14H8BrNO3. The van der Waals surface area contributed by atoms with Gasteiger partial charge in [0.15, 0.2) is 0 Å². The molecule has 1 heterocycles. The van der Waals surface area contributed by atoms with E-state index < -0.39 is 11.3 Å². The minimum atomic E-state index is -0.689. The van der Waals surface area contributed by atoms with E-state index in [9.17, 15) is 9.59 Å². The summed E-state index contributed by atoms with van der Waals surface area (Å²) in [6.07, 6.45) is 0. The van der Waals surface area contributed by atoms with Crippen molar-refractivity contribution in [2.75, 3.05) is 0 Å². The predicted molar refractivity (Wildman–Crippen MR) is 75.8 cm³/mol. The smallest absolute Gasteiger partial charge is 0.409 e. The van der Waals surface area contributed by atoms with Crippen LogP contribution in [-0.2, 0) is 0 Å². The zero-order chi connectivity index (χ0) is 13.4. The van der Waals surface area contributed by atoms with Crippen molar-refractivity contribution in [2.45, 2.75) is 0 Å². The van der Waals surface area contributed by atoms with E-state index in [0.717, 1.165) is 9.04 Å². The van der Waals surface area contributed by atoms with Gasteiger partial charge in [0.2, 0.25) is 0 Å². The number of rotatable bonds is 1. The average Bonchev–Trinajstić information content (AvgIpc) is 2.41. The minimum absolute atomic E-state index is 0.283. The quantitative estimate of drug-likeness (QED) is 0.693. The van der Waals surface area contributed by atoms with Crippen LogP contribution >= 0.6 is 15.9 Å². The molecular weight excluding hydrogens is 310 g/mol. The third-order valence-corrected chi connectivity index (χ3v) is 3.26. The van der Waals surface area contributed by atoms with Gasteiger partial charge < -0.3 is 4.42 Å². The van der Waals surface area contributed by atoms with E-state index in [1.54, 1.807) is 42.5 Å². The molecule has 0 atom stereocenters. The lowest BCUT2D eigenvalue weighted by Gasteiger charge is -2.04. The number of para-hydroxylation sites is 1. The van der Waals surface area contributed by atoms with Crippen molar-refractivity contribution in [3.8, 4) is 5.69 Å². The molecule has 0 aliphatic heterocycles. The highest BCUT2D eigenvalue weighted by molar-refractivity contribution is 9.10. The summed E-state index contributed by atoms with van der Waals surface area (Å²) < 4.78 is 6.95. The third kappa shape index (κ3) is 2.02. The summed E-state index contributed by atoms with van der Waals surface area (Å²) >= 11 is 3.30.